The molecule has 3 aromatic rings. The molecule has 0 aliphatic rings. The zero-order valence-electron chi connectivity index (χ0n) is 15.7. The van der Waals surface area contributed by atoms with Crippen LogP contribution in [0.3, 0.4) is 0 Å². The number of hydrogen-bond donors (Lipinski definition) is 2. The number of hydrogen-bond acceptors (Lipinski definition) is 5. The van der Waals surface area contributed by atoms with Crippen LogP contribution in [0, 0.1) is 6.92 Å². The molecule has 0 bridgehead atoms. The summed E-state index contributed by atoms with van der Waals surface area (Å²) in [5.41, 5.74) is 2.38. The molecule has 0 unspecified atom stereocenters. The molecular formula is C20H19N3O5S. The van der Waals surface area contributed by atoms with Gasteiger partial charge in [0.05, 0.1) is 18.5 Å². The predicted molar refractivity (Wildman–Crippen MR) is 109 cm³/mol. The molecule has 0 aliphatic heterocycles. The molecule has 0 atom stereocenters. The van der Waals surface area contributed by atoms with E-state index in [2.05, 4.69) is 9.82 Å². The van der Waals surface area contributed by atoms with Gasteiger partial charge in [0.1, 0.15) is 10.6 Å². The van der Waals surface area contributed by atoms with Gasteiger partial charge in [-0.15, -0.1) is 0 Å². The van der Waals surface area contributed by atoms with Crippen molar-refractivity contribution in [2.24, 2.45) is 0 Å². The molecule has 2 N–H and O–H groups in total. The van der Waals surface area contributed by atoms with Gasteiger partial charge in [0.15, 0.2) is 0 Å². The summed E-state index contributed by atoms with van der Waals surface area (Å²) < 4.78 is 35.4. The van der Waals surface area contributed by atoms with Crippen LogP contribution in [0.15, 0.2) is 65.7 Å². The summed E-state index contributed by atoms with van der Waals surface area (Å²) in [7, 11) is -2.64. The number of sulfonamides is 1. The van der Waals surface area contributed by atoms with Crippen molar-refractivity contribution < 1.29 is 23.1 Å². The van der Waals surface area contributed by atoms with E-state index in [0.717, 1.165) is 11.8 Å². The van der Waals surface area contributed by atoms with Gasteiger partial charge in [0.25, 0.3) is 10.0 Å². The van der Waals surface area contributed by atoms with Gasteiger partial charge in [0, 0.05) is 18.0 Å². The molecule has 150 valence electrons. The number of carboxylic acid groups (broad SMARTS) is 1. The number of aromatic nitrogens is 2. The number of ether oxygens (including phenoxy) is 1. The van der Waals surface area contributed by atoms with E-state index in [1.165, 1.54) is 25.3 Å². The Hall–Kier alpha value is -3.59. The Bertz CT molecular complexity index is 1180. The molecule has 0 fully saturated rings. The number of methoxy groups -OCH3 is 1. The van der Waals surface area contributed by atoms with E-state index < -0.39 is 16.0 Å². The first-order valence-electron chi connectivity index (χ1n) is 8.53. The van der Waals surface area contributed by atoms with Gasteiger partial charge in [0.2, 0.25) is 0 Å². The number of carboxylic acids is 1. The normalized spacial score (nSPS) is 11.5. The average molecular weight is 413 g/mol. The fourth-order valence-corrected chi connectivity index (χ4v) is 3.98. The van der Waals surface area contributed by atoms with Gasteiger partial charge in [-0.1, -0.05) is 12.1 Å². The van der Waals surface area contributed by atoms with Gasteiger partial charge < -0.3 is 9.84 Å². The third-order valence-electron chi connectivity index (χ3n) is 4.07. The predicted octanol–water partition coefficient (Wildman–Crippen LogP) is 3.09. The SMILES string of the molecule is COc1ccc(/C=C/C(=O)O)cc1S(=O)(=O)Nc1cccc(-n2nccc2C)c1. The van der Waals surface area contributed by atoms with Crippen molar-refractivity contribution in [1.29, 1.82) is 0 Å². The van der Waals surface area contributed by atoms with Crippen molar-refractivity contribution in [2.45, 2.75) is 11.8 Å². The van der Waals surface area contributed by atoms with Crippen LogP contribution in [0.2, 0.25) is 0 Å². The summed E-state index contributed by atoms with van der Waals surface area (Å²) in [5.74, 6) is -0.988. The number of nitrogens with zero attached hydrogens (tertiary/aromatic N) is 2. The monoisotopic (exact) mass is 413 g/mol. The zero-order valence-corrected chi connectivity index (χ0v) is 16.6. The van der Waals surface area contributed by atoms with E-state index >= 15 is 0 Å². The highest BCUT2D eigenvalue weighted by atomic mass is 32.2. The third-order valence-corrected chi connectivity index (χ3v) is 5.47. The van der Waals surface area contributed by atoms with Crippen molar-refractivity contribution in [3.8, 4) is 11.4 Å². The lowest BCUT2D eigenvalue weighted by molar-refractivity contribution is -0.131. The number of carbonyl (C=O) groups is 1. The van der Waals surface area contributed by atoms with Gasteiger partial charge in [-0.3, -0.25) is 4.72 Å². The first-order chi connectivity index (χ1) is 13.8. The molecule has 3 rings (SSSR count). The van der Waals surface area contributed by atoms with Crippen molar-refractivity contribution >= 4 is 27.8 Å². The van der Waals surface area contributed by atoms with Gasteiger partial charge in [-0.05, 0) is 55.0 Å². The molecule has 0 amide bonds. The van der Waals surface area contributed by atoms with E-state index in [1.54, 1.807) is 35.1 Å². The van der Waals surface area contributed by atoms with E-state index in [9.17, 15) is 13.2 Å². The van der Waals surface area contributed by atoms with E-state index in [1.807, 2.05) is 19.1 Å². The van der Waals surface area contributed by atoms with Gasteiger partial charge in [-0.2, -0.15) is 5.10 Å². The molecule has 1 heterocycles. The third kappa shape index (κ3) is 4.64. The summed E-state index contributed by atoms with van der Waals surface area (Å²) in [6.45, 7) is 1.89. The Labute approximate surface area is 168 Å². The Kier molecular flexibility index (Phi) is 5.69. The maximum absolute atomic E-state index is 13.0. The first-order valence-corrected chi connectivity index (χ1v) is 10.0. The number of aliphatic carboxylic acids is 1. The Morgan fingerprint density at radius 2 is 2.00 bits per heavy atom. The lowest BCUT2D eigenvalue weighted by Crippen LogP contribution is -2.14. The molecule has 0 saturated heterocycles. The van der Waals surface area contributed by atoms with E-state index in [-0.39, 0.29) is 10.6 Å². The van der Waals surface area contributed by atoms with Crippen LogP contribution in [0.5, 0.6) is 5.75 Å². The second-order valence-electron chi connectivity index (χ2n) is 6.12. The van der Waals surface area contributed by atoms with Crippen molar-refractivity contribution in [3.05, 3.63) is 72.1 Å². The largest absolute Gasteiger partial charge is 0.495 e. The minimum absolute atomic E-state index is 0.104. The van der Waals surface area contributed by atoms with Crippen molar-refractivity contribution in [3.63, 3.8) is 0 Å². The molecule has 0 saturated carbocycles. The Morgan fingerprint density at radius 3 is 2.66 bits per heavy atom. The molecule has 1 aromatic heterocycles. The van der Waals surface area contributed by atoms with Crippen molar-refractivity contribution in [1.82, 2.24) is 9.78 Å². The lowest BCUT2D eigenvalue weighted by Gasteiger charge is -2.13. The molecule has 8 nitrogen and oxygen atoms in total. The molecule has 29 heavy (non-hydrogen) atoms. The maximum atomic E-state index is 13.0. The zero-order chi connectivity index (χ0) is 21.0. The topological polar surface area (TPSA) is 111 Å². The van der Waals surface area contributed by atoms with Crippen LogP contribution in [0.1, 0.15) is 11.3 Å². The number of anilines is 1. The summed E-state index contributed by atoms with van der Waals surface area (Å²) in [5, 5.41) is 13.0. The standard InChI is InChI=1S/C20H19N3O5S/c1-14-10-11-21-23(14)17-5-3-4-16(13-17)22-29(26,27)19-12-15(7-9-20(24)25)6-8-18(19)28-2/h3-13,22H,1-2H3,(H,24,25)/b9-7+. The van der Waals surface area contributed by atoms with Crippen LogP contribution < -0.4 is 9.46 Å². The van der Waals surface area contributed by atoms with E-state index in [4.69, 9.17) is 9.84 Å². The molecule has 0 spiro atoms. The number of rotatable bonds is 7. The van der Waals surface area contributed by atoms with Crippen LogP contribution in [-0.2, 0) is 14.8 Å². The first kappa shape index (κ1) is 20.2. The second-order valence-corrected chi connectivity index (χ2v) is 7.77. The quantitative estimate of drug-likeness (QED) is 0.576. The summed E-state index contributed by atoms with van der Waals surface area (Å²) in [6, 6.07) is 13.1. The molecule has 2 aromatic carbocycles. The van der Waals surface area contributed by atoms with Gasteiger partial charge in [-0.25, -0.2) is 17.9 Å². The summed E-state index contributed by atoms with van der Waals surface area (Å²) in [6.07, 6.45) is 3.90. The molecule has 0 radical (unpaired) electrons. The minimum atomic E-state index is -4.00. The lowest BCUT2D eigenvalue weighted by atomic mass is 10.2. The minimum Gasteiger partial charge on any atom is -0.495 e. The van der Waals surface area contributed by atoms with Crippen LogP contribution in [0.4, 0.5) is 5.69 Å². The highest BCUT2D eigenvalue weighted by Gasteiger charge is 2.20. The molecule has 0 aliphatic carbocycles. The molecule has 9 heteroatoms. The second kappa shape index (κ2) is 8.19. The average Bonchev–Trinajstić information content (AvgIpc) is 3.12. The summed E-state index contributed by atoms with van der Waals surface area (Å²) >= 11 is 0. The molecular weight excluding hydrogens is 394 g/mol. The number of nitrogens with one attached hydrogen (secondary N) is 1. The van der Waals surface area contributed by atoms with Gasteiger partial charge >= 0.3 is 5.97 Å². The van der Waals surface area contributed by atoms with Crippen LogP contribution >= 0.6 is 0 Å². The fraction of sp³-hybridized carbons (Fsp3) is 0.100. The fourth-order valence-electron chi connectivity index (χ4n) is 2.73. The smallest absolute Gasteiger partial charge is 0.328 e. The van der Waals surface area contributed by atoms with Crippen molar-refractivity contribution in [2.75, 3.05) is 11.8 Å². The number of aryl methyl sites for hydroxylation is 1. The van der Waals surface area contributed by atoms with Crippen LogP contribution in [0.25, 0.3) is 11.8 Å². The Morgan fingerprint density at radius 1 is 1.21 bits per heavy atom. The summed E-state index contributed by atoms with van der Waals surface area (Å²) in [4.78, 5) is 10.6. The Balaban J connectivity index is 1.96. The highest BCUT2D eigenvalue weighted by Crippen LogP contribution is 2.28. The van der Waals surface area contributed by atoms with E-state index in [0.29, 0.717) is 16.9 Å². The number of benzene rings is 2. The van der Waals surface area contributed by atoms with Crippen LogP contribution in [-0.4, -0.2) is 36.4 Å². The highest BCUT2D eigenvalue weighted by molar-refractivity contribution is 7.92. The maximum Gasteiger partial charge on any atom is 0.328 e.